The summed E-state index contributed by atoms with van der Waals surface area (Å²) in [6.07, 6.45) is 0. The number of nitrogens with zero attached hydrogens (tertiary/aromatic N) is 2. The molecule has 1 aromatic carbocycles. The van der Waals surface area contributed by atoms with Crippen molar-refractivity contribution in [2.75, 3.05) is 7.11 Å². The highest BCUT2D eigenvalue weighted by Crippen LogP contribution is 2.53. The topological polar surface area (TPSA) is 84.0 Å². The van der Waals surface area contributed by atoms with Crippen molar-refractivity contribution in [2.45, 2.75) is 36.1 Å². The molecule has 0 spiro atoms. The maximum absolute atomic E-state index is 12.7. The molecule has 3 aliphatic heterocycles. The van der Waals surface area contributed by atoms with Crippen LogP contribution < -0.4 is 0 Å². The van der Waals surface area contributed by atoms with E-state index in [2.05, 4.69) is 0 Å². The summed E-state index contributed by atoms with van der Waals surface area (Å²) in [6.45, 7) is 3.70. The molecule has 130 valence electrons. The van der Waals surface area contributed by atoms with Crippen molar-refractivity contribution in [3.8, 4) is 0 Å². The SMILES string of the molecule is COC(=O)C1N2C(=O)C(N3C(=O)c4ccccc4C3=O)[C@H]2SC1(C)C. The summed E-state index contributed by atoms with van der Waals surface area (Å²) in [7, 11) is 1.28. The number of imide groups is 1. The average Bonchev–Trinajstić information content (AvgIpc) is 2.98. The lowest BCUT2D eigenvalue weighted by molar-refractivity contribution is -0.164. The Bertz CT molecular complexity index is 801. The van der Waals surface area contributed by atoms with Gasteiger partial charge in [0.25, 0.3) is 17.7 Å². The number of fused-ring (bicyclic) bond motifs is 2. The second-order valence-corrected chi connectivity index (χ2v) is 8.52. The second-order valence-electron chi connectivity index (χ2n) is 6.75. The number of amides is 3. The summed E-state index contributed by atoms with van der Waals surface area (Å²) >= 11 is 1.41. The van der Waals surface area contributed by atoms with Gasteiger partial charge in [-0.25, -0.2) is 4.79 Å². The molecular weight excluding hydrogens is 344 g/mol. The van der Waals surface area contributed by atoms with E-state index in [-0.39, 0.29) is 0 Å². The summed E-state index contributed by atoms with van der Waals surface area (Å²) in [5.41, 5.74) is 0.621. The van der Waals surface area contributed by atoms with Gasteiger partial charge in [0.05, 0.1) is 18.2 Å². The minimum absolute atomic E-state index is 0.311. The standard InChI is InChI=1S/C17H16N2O5S/c1-17(2)11(16(23)24-3)19-14(22)10(15(19)25-17)18-12(20)8-6-4-5-7-9(8)13(18)21/h4-7,10-11,15H,1-3H3/t10?,11?,15-/m1/s1. The Morgan fingerprint density at radius 1 is 1.12 bits per heavy atom. The zero-order valence-electron chi connectivity index (χ0n) is 13.9. The number of carbonyl (C=O) groups excluding carboxylic acids is 4. The van der Waals surface area contributed by atoms with Gasteiger partial charge in [-0.15, -0.1) is 11.8 Å². The minimum atomic E-state index is -0.883. The van der Waals surface area contributed by atoms with E-state index in [0.29, 0.717) is 11.1 Å². The van der Waals surface area contributed by atoms with Crippen LogP contribution in [0, 0.1) is 0 Å². The lowest BCUT2D eigenvalue weighted by Crippen LogP contribution is -2.71. The first-order chi connectivity index (χ1) is 11.8. The lowest BCUT2D eigenvalue weighted by atomic mass is 9.95. The number of rotatable bonds is 2. The molecule has 25 heavy (non-hydrogen) atoms. The van der Waals surface area contributed by atoms with E-state index in [0.717, 1.165) is 4.90 Å². The van der Waals surface area contributed by atoms with E-state index in [4.69, 9.17) is 4.74 Å². The fraction of sp³-hybridized carbons (Fsp3) is 0.412. The van der Waals surface area contributed by atoms with Crippen LogP contribution in [-0.2, 0) is 14.3 Å². The van der Waals surface area contributed by atoms with E-state index in [9.17, 15) is 19.2 Å². The highest BCUT2D eigenvalue weighted by molar-refractivity contribution is 8.01. The maximum atomic E-state index is 12.7. The number of esters is 1. The number of methoxy groups -OCH3 is 1. The van der Waals surface area contributed by atoms with Crippen LogP contribution >= 0.6 is 11.8 Å². The van der Waals surface area contributed by atoms with Gasteiger partial charge >= 0.3 is 5.97 Å². The Morgan fingerprint density at radius 2 is 1.68 bits per heavy atom. The molecule has 7 nitrogen and oxygen atoms in total. The summed E-state index contributed by atoms with van der Waals surface area (Å²) in [5.74, 6) is -1.81. The number of β-lactam (4-membered cyclic amide) rings is 1. The predicted octanol–water partition coefficient (Wildman–Crippen LogP) is 0.886. The molecule has 0 aromatic heterocycles. The quantitative estimate of drug-likeness (QED) is 0.442. The van der Waals surface area contributed by atoms with Gasteiger partial charge in [-0.3, -0.25) is 19.3 Å². The van der Waals surface area contributed by atoms with Crippen LogP contribution in [-0.4, -0.2) is 62.8 Å². The van der Waals surface area contributed by atoms with Gasteiger partial charge in [0.2, 0.25) is 0 Å². The number of thioether (sulfide) groups is 1. The first-order valence-electron chi connectivity index (χ1n) is 7.84. The van der Waals surface area contributed by atoms with Crippen molar-refractivity contribution in [1.29, 1.82) is 0 Å². The Balaban J connectivity index is 1.68. The summed E-state index contributed by atoms with van der Waals surface area (Å²) < 4.78 is 4.26. The van der Waals surface area contributed by atoms with Gasteiger partial charge in [0.1, 0.15) is 17.5 Å². The zero-order valence-corrected chi connectivity index (χ0v) is 14.7. The van der Waals surface area contributed by atoms with Gasteiger partial charge in [-0.1, -0.05) is 12.1 Å². The van der Waals surface area contributed by atoms with Gasteiger partial charge in [-0.05, 0) is 26.0 Å². The van der Waals surface area contributed by atoms with Crippen molar-refractivity contribution in [3.63, 3.8) is 0 Å². The maximum Gasteiger partial charge on any atom is 0.330 e. The third-order valence-electron chi connectivity index (χ3n) is 4.94. The number of benzene rings is 1. The van der Waals surface area contributed by atoms with E-state index in [1.54, 1.807) is 24.3 Å². The Kier molecular flexibility index (Phi) is 3.28. The van der Waals surface area contributed by atoms with Gasteiger partial charge in [0, 0.05) is 4.75 Å². The van der Waals surface area contributed by atoms with Crippen LogP contribution in [0.25, 0.3) is 0 Å². The van der Waals surface area contributed by atoms with Crippen molar-refractivity contribution in [2.24, 2.45) is 0 Å². The number of ether oxygens (including phenoxy) is 1. The summed E-state index contributed by atoms with van der Waals surface area (Å²) in [5, 5.41) is -0.436. The zero-order chi connectivity index (χ0) is 18.1. The largest absolute Gasteiger partial charge is 0.467 e. The fourth-order valence-electron chi connectivity index (χ4n) is 3.78. The first kappa shape index (κ1) is 16.1. The molecule has 4 rings (SSSR count). The van der Waals surface area contributed by atoms with Gasteiger partial charge in [0.15, 0.2) is 0 Å². The molecule has 3 aliphatic rings. The highest BCUT2D eigenvalue weighted by atomic mass is 32.2. The van der Waals surface area contributed by atoms with Gasteiger partial charge in [-0.2, -0.15) is 0 Å². The third-order valence-corrected chi connectivity index (χ3v) is 6.50. The summed E-state index contributed by atoms with van der Waals surface area (Å²) in [6, 6.07) is 4.92. The molecule has 2 saturated heterocycles. The molecule has 0 bridgehead atoms. The van der Waals surface area contributed by atoms with Crippen LogP contribution in [0.4, 0.5) is 0 Å². The van der Waals surface area contributed by atoms with E-state index >= 15 is 0 Å². The predicted molar refractivity (Wildman–Crippen MR) is 88.8 cm³/mol. The molecule has 1 aromatic rings. The normalized spacial score (nSPS) is 29.4. The average molecular weight is 360 g/mol. The molecule has 3 amide bonds. The van der Waals surface area contributed by atoms with Crippen LogP contribution in [0.5, 0.6) is 0 Å². The van der Waals surface area contributed by atoms with Crippen molar-refractivity contribution >= 4 is 35.5 Å². The molecule has 0 N–H and O–H groups in total. The van der Waals surface area contributed by atoms with Crippen LogP contribution in [0.1, 0.15) is 34.6 Å². The van der Waals surface area contributed by atoms with E-state index in [1.807, 2.05) is 13.8 Å². The smallest absolute Gasteiger partial charge is 0.330 e. The minimum Gasteiger partial charge on any atom is -0.467 e. The van der Waals surface area contributed by atoms with Crippen LogP contribution in [0.3, 0.4) is 0 Å². The molecule has 0 radical (unpaired) electrons. The third kappa shape index (κ3) is 1.94. The molecule has 2 unspecified atom stereocenters. The first-order valence-corrected chi connectivity index (χ1v) is 8.72. The summed E-state index contributed by atoms with van der Waals surface area (Å²) in [4.78, 5) is 52.6. The van der Waals surface area contributed by atoms with E-state index < -0.39 is 45.9 Å². The van der Waals surface area contributed by atoms with Crippen LogP contribution in [0.15, 0.2) is 24.3 Å². The molecule has 3 atom stereocenters. The lowest BCUT2D eigenvalue weighted by Gasteiger charge is -2.46. The molecular formula is C17H16N2O5S. The molecule has 2 fully saturated rings. The molecule has 0 aliphatic carbocycles. The highest BCUT2D eigenvalue weighted by Gasteiger charge is 2.67. The Labute approximate surface area is 148 Å². The Morgan fingerprint density at radius 3 is 2.20 bits per heavy atom. The molecule has 0 saturated carbocycles. The van der Waals surface area contributed by atoms with Crippen molar-refractivity contribution < 1.29 is 23.9 Å². The van der Waals surface area contributed by atoms with E-state index in [1.165, 1.54) is 23.8 Å². The number of hydrogen-bond acceptors (Lipinski definition) is 6. The molecule has 3 heterocycles. The number of hydrogen-bond donors (Lipinski definition) is 0. The van der Waals surface area contributed by atoms with Gasteiger partial charge < -0.3 is 9.64 Å². The van der Waals surface area contributed by atoms with Crippen molar-refractivity contribution in [3.05, 3.63) is 35.4 Å². The molecule has 8 heteroatoms. The fourth-order valence-corrected chi connectivity index (χ4v) is 5.45. The van der Waals surface area contributed by atoms with Crippen LogP contribution in [0.2, 0.25) is 0 Å². The number of carbonyl (C=O) groups is 4. The monoisotopic (exact) mass is 360 g/mol. The second kappa shape index (κ2) is 5.08. The Hall–Kier alpha value is -2.35. The van der Waals surface area contributed by atoms with Crippen molar-refractivity contribution in [1.82, 2.24) is 9.80 Å².